The van der Waals surface area contributed by atoms with Crippen molar-refractivity contribution >= 4 is 9.84 Å². The molecule has 0 spiro atoms. The van der Waals surface area contributed by atoms with Crippen LogP contribution in [0.15, 0.2) is 12.4 Å². The van der Waals surface area contributed by atoms with Crippen molar-refractivity contribution in [1.82, 2.24) is 15.2 Å². The molecule has 3 N–H and O–H groups in total. The molecular formula is C11H20N4O2S. The molecule has 6 nitrogen and oxygen atoms in total. The summed E-state index contributed by atoms with van der Waals surface area (Å²) in [6.07, 6.45) is 5.21. The van der Waals surface area contributed by atoms with Gasteiger partial charge in [-0.2, -0.15) is 5.10 Å². The molecule has 0 aliphatic carbocycles. The third kappa shape index (κ3) is 3.09. The van der Waals surface area contributed by atoms with Crippen molar-refractivity contribution in [3.05, 3.63) is 18.0 Å². The van der Waals surface area contributed by atoms with Gasteiger partial charge in [0.15, 0.2) is 9.84 Å². The van der Waals surface area contributed by atoms with Crippen molar-refractivity contribution in [3.63, 3.8) is 0 Å². The molecule has 1 aromatic rings. The minimum Gasteiger partial charge on any atom is -0.273 e. The number of aryl methyl sites for hydroxylation is 1. The fraction of sp³-hybridized carbons (Fsp3) is 0.727. The first kappa shape index (κ1) is 13.5. The van der Waals surface area contributed by atoms with Gasteiger partial charge >= 0.3 is 0 Å². The van der Waals surface area contributed by atoms with Gasteiger partial charge < -0.3 is 0 Å². The van der Waals surface area contributed by atoms with E-state index in [0.717, 1.165) is 18.5 Å². The second-order valence-electron chi connectivity index (χ2n) is 4.84. The Labute approximate surface area is 107 Å². The van der Waals surface area contributed by atoms with Crippen molar-refractivity contribution < 1.29 is 8.42 Å². The number of nitrogens with zero attached hydrogens (tertiary/aromatic N) is 2. The Bertz CT molecular complexity index is 497. The normalized spacial score (nSPS) is 24.2. The summed E-state index contributed by atoms with van der Waals surface area (Å²) in [6.45, 7) is 2.86. The van der Waals surface area contributed by atoms with Crippen LogP contribution in [0.3, 0.4) is 0 Å². The number of hydrazine groups is 1. The van der Waals surface area contributed by atoms with Crippen molar-refractivity contribution in [1.29, 1.82) is 0 Å². The highest BCUT2D eigenvalue weighted by Crippen LogP contribution is 2.23. The van der Waals surface area contributed by atoms with Crippen LogP contribution in [-0.4, -0.2) is 35.7 Å². The minimum absolute atomic E-state index is 0.00298. The Balaban J connectivity index is 2.01. The lowest BCUT2D eigenvalue weighted by atomic mass is 9.95. The van der Waals surface area contributed by atoms with Gasteiger partial charge in [0, 0.05) is 18.8 Å². The minimum atomic E-state index is -2.86. The third-order valence-corrected chi connectivity index (χ3v) is 5.31. The van der Waals surface area contributed by atoms with E-state index in [1.165, 1.54) is 0 Å². The lowest BCUT2D eigenvalue weighted by Crippen LogP contribution is -2.42. The van der Waals surface area contributed by atoms with Crippen LogP contribution >= 0.6 is 0 Å². The molecule has 0 bridgehead atoms. The summed E-state index contributed by atoms with van der Waals surface area (Å²) < 4.78 is 24.8. The summed E-state index contributed by atoms with van der Waals surface area (Å²) in [5, 5.41) is 4.21. The first-order chi connectivity index (χ1) is 8.54. The monoisotopic (exact) mass is 272 g/mol. The second kappa shape index (κ2) is 5.38. The van der Waals surface area contributed by atoms with Crippen molar-refractivity contribution in [2.24, 2.45) is 11.8 Å². The summed E-state index contributed by atoms with van der Waals surface area (Å²) in [4.78, 5) is 0. The predicted octanol–water partition coefficient (Wildman–Crippen LogP) is -0.288. The first-order valence-electron chi connectivity index (χ1n) is 6.22. The molecule has 0 amide bonds. The van der Waals surface area contributed by atoms with Gasteiger partial charge in [-0.05, 0) is 31.2 Å². The Morgan fingerprint density at radius 3 is 2.94 bits per heavy atom. The molecule has 102 valence electrons. The van der Waals surface area contributed by atoms with E-state index in [0.29, 0.717) is 6.42 Å². The zero-order valence-corrected chi connectivity index (χ0v) is 11.4. The highest BCUT2D eigenvalue weighted by Gasteiger charge is 2.33. The van der Waals surface area contributed by atoms with E-state index in [1.807, 2.05) is 24.0 Å². The van der Waals surface area contributed by atoms with Crippen LogP contribution in [0.4, 0.5) is 0 Å². The topological polar surface area (TPSA) is 90.0 Å². The number of nitrogens with one attached hydrogen (secondary N) is 1. The quantitative estimate of drug-likeness (QED) is 0.568. The Hall–Kier alpha value is -0.920. The standard InChI is InChI=1S/C11H20N4O2S/c1-2-15-7-9(6-13-15)5-11(14-12)10-3-4-18(16,17)8-10/h6-7,10-11,14H,2-5,8,12H2,1H3. The maximum absolute atomic E-state index is 11.5. The lowest BCUT2D eigenvalue weighted by Gasteiger charge is -2.20. The van der Waals surface area contributed by atoms with Crippen molar-refractivity contribution in [2.45, 2.75) is 32.4 Å². The zero-order valence-electron chi connectivity index (χ0n) is 10.5. The van der Waals surface area contributed by atoms with E-state index in [1.54, 1.807) is 0 Å². The zero-order chi connectivity index (χ0) is 13.2. The van der Waals surface area contributed by atoms with Gasteiger partial charge in [0.25, 0.3) is 0 Å². The summed E-state index contributed by atoms with van der Waals surface area (Å²) in [7, 11) is -2.86. The van der Waals surface area contributed by atoms with E-state index < -0.39 is 9.84 Å². The van der Waals surface area contributed by atoms with Crippen LogP contribution in [0.25, 0.3) is 0 Å². The molecule has 0 aromatic carbocycles. The molecule has 1 aliphatic heterocycles. The lowest BCUT2D eigenvalue weighted by molar-refractivity contribution is 0.385. The highest BCUT2D eigenvalue weighted by molar-refractivity contribution is 7.91. The summed E-state index contributed by atoms with van der Waals surface area (Å²) in [5.41, 5.74) is 3.84. The number of nitrogens with two attached hydrogens (primary N) is 1. The fourth-order valence-electron chi connectivity index (χ4n) is 2.44. The van der Waals surface area contributed by atoms with Crippen molar-refractivity contribution in [2.75, 3.05) is 11.5 Å². The van der Waals surface area contributed by atoms with Crippen LogP contribution in [-0.2, 0) is 22.8 Å². The molecule has 0 saturated carbocycles. The molecule has 1 fully saturated rings. The van der Waals surface area contributed by atoms with E-state index in [2.05, 4.69) is 10.5 Å². The molecule has 7 heteroatoms. The Morgan fingerprint density at radius 2 is 2.44 bits per heavy atom. The maximum atomic E-state index is 11.5. The highest BCUT2D eigenvalue weighted by atomic mass is 32.2. The molecular weight excluding hydrogens is 252 g/mol. The van der Waals surface area contributed by atoms with Gasteiger partial charge in [-0.1, -0.05) is 0 Å². The van der Waals surface area contributed by atoms with Crippen LogP contribution in [0.5, 0.6) is 0 Å². The van der Waals surface area contributed by atoms with Gasteiger partial charge in [-0.15, -0.1) is 0 Å². The molecule has 1 saturated heterocycles. The van der Waals surface area contributed by atoms with Crippen LogP contribution in [0, 0.1) is 5.92 Å². The number of sulfone groups is 1. The van der Waals surface area contributed by atoms with E-state index >= 15 is 0 Å². The average molecular weight is 272 g/mol. The van der Waals surface area contributed by atoms with E-state index in [-0.39, 0.29) is 23.5 Å². The molecule has 1 aromatic heterocycles. The Kier molecular flexibility index (Phi) is 4.04. The molecule has 0 radical (unpaired) electrons. The summed E-state index contributed by atoms with van der Waals surface area (Å²) in [6, 6.07) is -0.00298. The first-order valence-corrected chi connectivity index (χ1v) is 8.04. The number of hydrogen-bond donors (Lipinski definition) is 2. The number of aromatic nitrogens is 2. The van der Waals surface area contributed by atoms with Gasteiger partial charge in [-0.25, -0.2) is 8.42 Å². The summed E-state index contributed by atoms with van der Waals surface area (Å²) >= 11 is 0. The summed E-state index contributed by atoms with van der Waals surface area (Å²) in [5.74, 6) is 6.18. The third-order valence-electron chi connectivity index (χ3n) is 3.52. The smallest absolute Gasteiger partial charge is 0.150 e. The fourth-order valence-corrected chi connectivity index (χ4v) is 4.32. The maximum Gasteiger partial charge on any atom is 0.150 e. The van der Waals surface area contributed by atoms with E-state index in [9.17, 15) is 8.42 Å². The predicted molar refractivity (Wildman–Crippen MR) is 69.5 cm³/mol. The average Bonchev–Trinajstić information content (AvgIpc) is 2.92. The second-order valence-corrected chi connectivity index (χ2v) is 7.07. The molecule has 2 heterocycles. The van der Waals surface area contributed by atoms with Crippen LogP contribution in [0.1, 0.15) is 18.9 Å². The molecule has 18 heavy (non-hydrogen) atoms. The number of rotatable bonds is 5. The number of hydrogen-bond acceptors (Lipinski definition) is 5. The van der Waals surface area contributed by atoms with Crippen molar-refractivity contribution in [3.8, 4) is 0 Å². The van der Waals surface area contributed by atoms with Gasteiger partial charge in [-0.3, -0.25) is 16.0 Å². The van der Waals surface area contributed by atoms with Crippen LogP contribution < -0.4 is 11.3 Å². The molecule has 2 rings (SSSR count). The molecule has 2 atom stereocenters. The largest absolute Gasteiger partial charge is 0.273 e. The van der Waals surface area contributed by atoms with Crippen LogP contribution in [0.2, 0.25) is 0 Å². The SMILES string of the molecule is CCn1cc(CC(NN)C2CCS(=O)(=O)C2)cn1. The molecule has 2 unspecified atom stereocenters. The molecule has 1 aliphatic rings. The van der Waals surface area contributed by atoms with Gasteiger partial charge in [0.1, 0.15) is 0 Å². The Morgan fingerprint density at radius 1 is 1.67 bits per heavy atom. The van der Waals surface area contributed by atoms with Gasteiger partial charge in [0.2, 0.25) is 0 Å². The van der Waals surface area contributed by atoms with E-state index in [4.69, 9.17) is 5.84 Å². The van der Waals surface area contributed by atoms with Gasteiger partial charge in [0.05, 0.1) is 17.7 Å².